The summed E-state index contributed by atoms with van der Waals surface area (Å²) in [6.07, 6.45) is 2.18. The van der Waals surface area contributed by atoms with Crippen LogP contribution in [0.4, 0.5) is 5.82 Å². The van der Waals surface area contributed by atoms with Gasteiger partial charge in [-0.25, -0.2) is 4.98 Å². The Bertz CT molecular complexity index is 375. The van der Waals surface area contributed by atoms with Crippen LogP contribution in [-0.2, 0) is 0 Å². The zero-order chi connectivity index (χ0) is 11.3. The van der Waals surface area contributed by atoms with E-state index >= 15 is 0 Å². The molecule has 15 heavy (non-hydrogen) atoms. The van der Waals surface area contributed by atoms with Gasteiger partial charge in [-0.3, -0.25) is 0 Å². The van der Waals surface area contributed by atoms with Crippen LogP contribution in [0.2, 0.25) is 5.02 Å². The summed E-state index contributed by atoms with van der Waals surface area (Å²) in [6, 6.07) is 3.92. The van der Waals surface area contributed by atoms with Crippen molar-refractivity contribution in [2.24, 2.45) is 0 Å². The van der Waals surface area contributed by atoms with Crippen LogP contribution in [-0.4, -0.2) is 18.1 Å². The fourth-order valence-electron chi connectivity index (χ4n) is 1.24. The van der Waals surface area contributed by atoms with Crippen molar-refractivity contribution >= 4 is 33.3 Å². The van der Waals surface area contributed by atoms with Crippen molar-refractivity contribution < 1.29 is 0 Å². The molecule has 1 rings (SSSR count). The number of anilines is 1. The van der Waals surface area contributed by atoms with E-state index in [-0.39, 0.29) is 0 Å². The van der Waals surface area contributed by atoms with E-state index in [0.29, 0.717) is 18.0 Å². The molecule has 0 amide bonds. The van der Waals surface area contributed by atoms with Crippen molar-refractivity contribution in [2.45, 2.75) is 13.3 Å². The predicted molar refractivity (Wildman–Crippen MR) is 65.1 cm³/mol. The van der Waals surface area contributed by atoms with Crippen LogP contribution in [0.5, 0.6) is 0 Å². The Morgan fingerprint density at radius 2 is 2.40 bits per heavy atom. The Kier molecular flexibility index (Phi) is 4.86. The minimum atomic E-state index is 0.474. The van der Waals surface area contributed by atoms with Gasteiger partial charge in [0.1, 0.15) is 5.82 Å². The lowest BCUT2D eigenvalue weighted by molar-refractivity contribution is 0.810. The molecule has 0 aliphatic carbocycles. The number of nitriles is 1. The van der Waals surface area contributed by atoms with Gasteiger partial charge in [0, 0.05) is 23.8 Å². The van der Waals surface area contributed by atoms with Crippen LogP contribution in [0.1, 0.15) is 13.3 Å². The number of nitrogens with zero attached hydrogens (tertiary/aromatic N) is 3. The van der Waals surface area contributed by atoms with Crippen molar-refractivity contribution in [3.63, 3.8) is 0 Å². The molecule has 0 spiro atoms. The van der Waals surface area contributed by atoms with E-state index in [1.54, 1.807) is 12.3 Å². The predicted octanol–water partition coefficient (Wildman–Crippen LogP) is 3.24. The standard InChI is InChI=1S/C10H11BrClN3/c1-2-15(5-3-4-13)10-9(12)6-8(11)7-14-10/h6-7H,2-3,5H2,1H3. The third-order valence-electron chi connectivity index (χ3n) is 1.96. The van der Waals surface area contributed by atoms with Gasteiger partial charge in [0.05, 0.1) is 17.5 Å². The van der Waals surface area contributed by atoms with E-state index in [0.717, 1.165) is 16.8 Å². The molecule has 0 aliphatic rings. The molecule has 0 unspecified atom stereocenters. The summed E-state index contributed by atoms with van der Waals surface area (Å²) in [5.74, 6) is 0.734. The van der Waals surface area contributed by atoms with Crippen molar-refractivity contribution in [1.29, 1.82) is 5.26 Å². The van der Waals surface area contributed by atoms with Gasteiger partial charge in [-0.05, 0) is 28.9 Å². The van der Waals surface area contributed by atoms with E-state index in [9.17, 15) is 0 Å². The van der Waals surface area contributed by atoms with Crippen LogP contribution in [0.3, 0.4) is 0 Å². The molecule has 0 radical (unpaired) electrons. The molecule has 3 nitrogen and oxygen atoms in total. The van der Waals surface area contributed by atoms with Crippen molar-refractivity contribution in [3.05, 3.63) is 21.8 Å². The van der Waals surface area contributed by atoms with Crippen LogP contribution < -0.4 is 4.90 Å². The van der Waals surface area contributed by atoms with E-state index in [1.807, 2.05) is 11.8 Å². The number of pyridine rings is 1. The van der Waals surface area contributed by atoms with Crippen LogP contribution >= 0.6 is 27.5 Å². The van der Waals surface area contributed by atoms with Crippen LogP contribution in [0, 0.1) is 11.3 Å². The Labute approximate surface area is 103 Å². The summed E-state index contributed by atoms with van der Waals surface area (Å²) >= 11 is 9.37. The number of aromatic nitrogens is 1. The highest BCUT2D eigenvalue weighted by Crippen LogP contribution is 2.26. The van der Waals surface area contributed by atoms with Crippen molar-refractivity contribution in [2.75, 3.05) is 18.0 Å². The zero-order valence-electron chi connectivity index (χ0n) is 8.37. The average molecular weight is 289 g/mol. The summed E-state index contributed by atoms with van der Waals surface area (Å²) < 4.78 is 0.854. The average Bonchev–Trinajstić information content (AvgIpc) is 2.21. The number of hydrogen-bond acceptors (Lipinski definition) is 3. The molecule has 0 saturated carbocycles. The summed E-state index contributed by atoms with van der Waals surface area (Å²) in [5, 5.41) is 9.13. The first-order chi connectivity index (χ1) is 7.19. The molecule has 0 atom stereocenters. The molecule has 1 aromatic rings. The molecule has 0 saturated heterocycles. The molecule has 0 aromatic carbocycles. The molecule has 0 fully saturated rings. The lowest BCUT2D eigenvalue weighted by Gasteiger charge is -2.21. The number of rotatable bonds is 4. The van der Waals surface area contributed by atoms with Crippen LogP contribution in [0.25, 0.3) is 0 Å². The quantitative estimate of drug-likeness (QED) is 0.854. The van der Waals surface area contributed by atoms with Gasteiger partial charge in [0.25, 0.3) is 0 Å². The summed E-state index contributed by atoms with van der Waals surface area (Å²) in [5.41, 5.74) is 0. The second-order valence-electron chi connectivity index (χ2n) is 2.95. The number of hydrogen-bond donors (Lipinski definition) is 0. The molecule has 1 heterocycles. The largest absolute Gasteiger partial charge is 0.355 e. The maximum atomic E-state index is 8.53. The van der Waals surface area contributed by atoms with Gasteiger partial charge in [0.2, 0.25) is 0 Å². The molecule has 0 N–H and O–H groups in total. The highest BCUT2D eigenvalue weighted by Gasteiger charge is 2.09. The Balaban J connectivity index is 2.87. The van der Waals surface area contributed by atoms with Crippen molar-refractivity contribution in [1.82, 2.24) is 4.98 Å². The zero-order valence-corrected chi connectivity index (χ0v) is 10.7. The smallest absolute Gasteiger partial charge is 0.147 e. The minimum Gasteiger partial charge on any atom is -0.355 e. The first-order valence-electron chi connectivity index (χ1n) is 4.62. The highest BCUT2D eigenvalue weighted by molar-refractivity contribution is 9.10. The lowest BCUT2D eigenvalue weighted by Crippen LogP contribution is -2.24. The molecular formula is C10H11BrClN3. The summed E-state index contributed by atoms with van der Waals surface area (Å²) in [4.78, 5) is 6.22. The maximum absolute atomic E-state index is 8.53. The highest BCUT2D eigenvalue weighted by atomic mass is 79.9. The summed E-state index contributed by atoms with van der Waals surface area (Å²) in [6.45, 7) is 3.45. The second-order valence-corrected chi connectivity index (χ2v) is 4.27. The van der Waals surface area contributed by atoms with Gasteiger partial charge < -0.3 is 4.90 Å². The van der Waals surface area contributed by atoms with Gasteiger partial charge >= 0.3 is 0 Å². The van der Waals surface area contributed by atoms with Gasteiger partial charge in [-0.2, -0.15) is 5.26 Å². The lowest BCUT2D eigenvalue weighted by atomic mass is 10.3. The Morgan fingerprint density at radius 3 is 2.93 bits per heavy atom. The van der Waals surface area contributed by atoms with Gasteiger partial charge in [0.15, 0.2) is 0 Å². The molecular weight excluding hydrogens is 277 g/mol. The molecule has 1 aromatic heterocycles. The topological polar surface area (TPSA) is 39.9 Å². The molecule has 0 bridgehead atoms. The molecule has 80 valence electrons. The van der Waals surface area contributed by atoms with Crippen molar-refractivity contribution in [3.8, 4) is 6.07 Å². The van der Waals surface area contributed by atoms with Gasteiger partial charge in [-0.1, -0.05) is 11.6 Å². The third kappa shape index (κ3) is 3.37. The third-order valence-corrected chi connectivity index (χ3v) is 2.67. The fourth-order valence-corrected chi connectivity index (χ4v) is 1.99. The second kappa shape index (κ2) is 5.94. The Hall–Kier alpha value is -0.790. The first kappa shape index (κ1) is 12.3. The van der Waals surface area contributed by atoms with E-state index in [1.165, 1.54) is 0 Å². The number of halogens is 2. The van der Waals surface area contributed by atoms with Gasteiger partial charge in [-0.15, -0.1) is 0 Å². The monoisotopic (exact) mass is 287 g/mol. The fraction of sp³-hybridized carbons (Fsp3) is 0.400. The molecule has 5 heteroatoms. The van der Waals surface area contributed by atoms with E-state index in [4.69, 9.17) is 16.9 Å². The normalized spacial score (nSPS) is 9.73. The SMILES string of the molecule is CCN(CCC#N)c1ncc(Br)cc1Cl. The maximum Gasteiger partial charge on any atom is 0.147 e. The van der Waals surface area contributed by atoms with Crippen LogP contribution in [0.15, 0.2) is 16.7 Å². The minimum absolute atomic E-state index is 0.474. The Morgan fingerprint density at radius 1 is 1.67 bits per heavy atom. The van der Waals surface area contributed by atoms with E-state index in [2.05, 4.69) is 27.0 Å². The van der Waals surface area contributed by atoms with E-state index < -0.39 is 0 Å². The summed E-state index contributed by atoms with van der Waals surface area (Å²) in [7, 11) is 0. The molecule has 0 aliphatic heterocycles. The first-order valence-corrected chi connectivity index (χ1v) is 5.79.